The normalized spacial score (nSPS) is 24.6. The predicted molar refractivity (Wildman–Crippen MR) is 100 cm³/mol. The van der Waals surface area contributed by atoms with E-state index in [0.717, 1.165) is 19.3 Å². The van der Waals surface area contributed by atoms with Gasteiger partial charge in [0.1, 0.15) is 5.75 Å². The third-order valence-corrected chi connectivity index (χ3v) is 5.48. The number of nitrogens with zero attached hydrogens (tertiary/aromatic N) is 1. The maximum Gasteiger partial charge on any atom is 0.343 e. The predicted octanol–water partition coefficient (Wildman–Crippen LogP) is 3.83. The summed E-state index contributed by atoms with van der Waals surface area (Å²) in [6.07, 6.45) is 2.47. The van der Waals surface area contributed by atoms with Gasteiger partial charge in [-0.1, -0.05) is 31.2 Å². The van der Waals surface area contributed by atoms with Gasteiger partial charge in [0.05, 0.1) is 23.1 Å². The topological polar surface area (TPSA) is 63.7 Å². The van der Waals surface area contributed by atoms with Crippen LogP contribution in [0.15, 0.2) is 54.6 Å². The average Bonchev–Trinajstić information content (AvgIpc) is 2.92. The maximum absolute atomic E-state index is 12.9. The number of ether oxygens (including phenoxy) is 1. The molecule has 2 aromatic rings. The van der Waals surface area contributed by atoms with Gasteiger partial charge in [0.2, 0.25) is 11.8 Å². The number of amides is 2. The number of para-hydroxylation sites is 1. The highest BCUT2D eigenvalue weighted by molar-refractivity contribution is 6.22. The molecule has 5 nitrogen and oxygen atoms in total. The number of hydrogen-bond acceptors (Lipinski definition) is 4. The number of hydrogen-bond donors (Lipinski definition) is 0. The molecule has 0 unspecified atom stereocenters. The number of carbonyl (C=O) groups is 3. The first kappa shape index (κ1) is 17.5. The van der Waals surface area contributed by atoms with E-state index in [2.05, 4.69) is 6.92 Å². The molecule has 138 valence electrons. The number of benzene rings is 2. The van der Waals surface area contributed by atoms with Crippen molar-refractivity contribution in [1.29, 1.82) is 0 Å². The van der Waals surface area contributed by atoms with E-state index in [1.54, 1.807) is 48.5 Å². The van der Waals surface area contributed by atoms with E-state index in [9.17, 15) is 14.4 Å². The molecule has 0 aromatic heterocycles. The summed E-state index contributed by atoms with van der Waals surface area (Å²) >= 11 is 0. The van der Waals surface area contributed by atoms with Gasteiger partial charge in [-0.3, -0.25) is 14.5 Å². The highest BCUT2D eigenvalue weighted by Gasteiger charge is 2.50. The van der Waals surface area contributed by atoms with Crippen molar-refractivity contribution < 1.29 is 19.1 Å². The molecule has 1 aliphatic carbocycles. The first-order chi connectivity index (χ1) is 13.0. The van der Waals surface area contributed by atoms with E-state index in [0.29, 0.717) is 22.9 Å². The lowest BCUT2D eigenvalue weighted by molar-refractivity contribution is -0.122. The molecule has 0 radical (unpaired) electrons. The Kier molecular flexibility index (Phi) is 4.52. The van der Waals surface area contributed by atoms with E-state index >= 15 is 0 Å². The smallest absolute Gasteiger partial charge is 0.343 e. The molecular weight excluding hydrogens is 342 g/mol. The zero-order chi connectivity index (χ0) is 19.0. The average molecular weight is 363 g/mol. The monoisotopic (exact) mass is 363 g/mol. The van der Waals surface area contributed by atoms with E-state index in [4.69, 9.17) is 4.74 Å². The number of imide groups is 1. The molecule has 1 aliphatic heterocycles. The second kappa shape index (κ2) is 6.99. The summed E-state index contributed by atoms with van der Waals surface area (Å²) in [5.74, 6) is -0.380. The van der Waals surface area contributed by atoms with Crippen LogP contribution < -0.4 is 9.64 Å². The van der Waals surface area contributed by atoms with Gasteiger partial charge in [0.15, 0.2) is 0 Å². The Morgan fingerprint density at radius 3 is 2.48 bits per heavy atom. The van der Waals surface area contributed by atoms with E-state index in [1.165, 1.54) is 4.90 Å². The Labute approximate surface area is 157 Å². The van der Waals surface area contributed by atoms with Gasteiger partial charge < -0.3 is 4.74 Å². The lowest BCUT2D eigenvalue weighted by Crippen LogP contribution is -2.31. The Hall–Kier alpha value is -2.95. The second-order valence-corrected chi connectivity index (χ2v) is 7.40. The fourth-order valence-corrected chi connectivity index (χ4v) is 4.07. The highest BCUT2D eigenvalue weighted by atomic mass is 16.5. The molecule has 1 saturated carbocycles. The van der Waals surface area contributed by atoms with Crippen LogP contribution in [-0.2, 0) is 9.59 Å². The number of esters is 1. The third kappa shape index (κ3) is 3.25. The van der Waals surface area contributed by atoms with Crippen molar-refractivity contribution in [2.24, 2.45) is 17.8 Å². The standard InChI is InChI=1S/C22H21NO4/c1-14-10-11-18-19(12-14)21(25)23(20(18)24)16-7-5-6-15(13-16)22(26)27-17-8-3-2-4-9-17/h2-9,13-14,18-19H,10-12H2,1H3/t14-,18+,19+/m0/s1. The fourth-order valence-electron chi connectivity index (χ4n) is 4.07. The molecule has 2 aliphatic rings. The minimum absolute atomic E-state index is 0.148. The van der Waals surface area contributed by atoms with Crippen LogP contribution in [0.5, 0.6) is 5.75 Å². The molecule has 27 heavy (non-hydrogen) atoms. The minimum atomic E-state index is -0.520. The summed E-state index contributed by atoms with van der Waals surface area (Å²) in [6.45, 7) is 2.12. The van der Waals surface area contributed by atoms with Crippen LogP contribution in [0.2, 0.25) is 0 Å². The summed E-state index contributed by atoms with van der Waals surface area (Å²) in [5.41, 5.74) is 0.745. The van der Waals surface area contributed by atoms with Crippen LogP contribution in [0.4, 0.5) is 5.69 Å². The Bertz CT molecular complexity index is 892. The van der Waals surface area contributed by atoms with Crippen LogP contribution in [0.25, 0.3) is 0 Å². The van der Waals surface area contributed by atoms with Crippen LogP contribution in [0.1, 0.15) is 36.5 Å². The van der Waals surface area contributed by atoms with Crippen molar-refractivity contribution in [3.05, 3.63) is 60.2 Å². The molecule has 0 N–H and O–H groups in total. The van der Waals surface area contributed by atoms with Crippen molar-refractivity contribution >= 4 is 23.5 Å². The van der Waals surface area contributed by atoms with Crippen molar-refractivity contribution in [2.75, 3.05) is 4.90 Å². The molecule has 0 bridgehead atoms. The molecule has 3 atom stereocenters. The minimum Gasteiger partial charge on any atom is -0.423 e. The van der Waals surface area contributed by atoms with Gasteiger partial charge in [0.25, 0.3) is 0 Å². The zero-order valence-corrected chi connectivity index (χ0v) is 15.1. The van der Waals surface area contributed by atoms with Crippen LogP contribution >= 0.6 is 0 Å². The number of rotatable bonds is 3. The first-order valence-corrected chi connectivity index (χ1v) is 9.29. The van der Waals surface area contributed by atoms with Crippen molar-refractivity contribution in [3.63, 3.8) is 0 Å². The van der Waals surface area contributed by atoms with E-state index in [1.807, 2.05) is 6.07 Å². The molecule has 2 fully saturated rings. The number of anilines is 1. The second-order valence-electron chi connectivity index (χ2n) is 7.40. The Balaban J connectivity index is 1.58. The quantitative estimate of drug-likeness (QED) is 0.472. The highest BCUT2D eigenvalue weighted by Crippen LogP contribution is 2.42. The summed E-state index contributed by atoms with van der Waals surface area (Å²) in [7, 11) is 0. The molecule has 1 saturated heterocycles. The largest absolute Gasteiger partial charge is 0.423 e. The summed E-state index contributed by atoms with van der Waals surface area (Å²) in [5, 5.41) is 0. The molecule has 2 aromatic carbocycles. The fraction of sp³-hybridized carbons (Fsp3) is 0.318. The first-order valence-electron chi connectivity index (χ1n) is 9.29. The maximum atomic E-state index is 12.9. The summed E-state index contributed by atoms with van der Waals surface area (Å²) < 4.78 is 5.35. The molecule has 4 rings (SSSR count). The third-order valence-electron chi connectivity index (χ3n) is 5.48. The van der Waals surface area contributed by atoms with Crippen LogP contribution in [0, 0.1) is 17.8 Å². The van der Waals surface area contributed by atoms with Gasteiger partial charge in [-0.2, -0.15) is 0 Å². The molecule has 1 heterocycles. The Morgan fingerprint density at radius 2 is 1.70 bits per heavy atom. The molecular formula is C22H21NO4. The van der Waals surface area contributed by atoms with E-state index < -0.39 is 5.97 Å². The van der Waals surface area contributed by atoms with Gasteiger partial charge in [-0.25, -0.2) is 4.79 Å². The summed E-state index contributed by atoms with van der Waals surface area (Å²) in [6, 6.07) is 15.3. The van der Waals surface area contributed by atoms with Crippen molar-refractivity contribution in [2.45, 2.75) is 26.2 Å². The van der Waals surface area contributed by atoms with Gasteiger partial charge in [-0.05, 0) is 55.5 Å². The van der Waals surface area contributed by atoms with E-state index in [-0.39, 0.29) is 23.7 Å². The number of carbonyl (C=O) groups excluding carboxylic acids is 3. The zero-order valence-electron chi connectivity index (χ0n) is 15.1. The van der Waals surface area contributed by atoms with Gasteiger partial charge >= 0.3 is 5.97 Å². The molecule has 5 heteroatoms. The van der Waals surface area contributed by atoms with Gasteiger partial charge in [-0.15, -0.1) is 0 Å². The Morgan fingerprint density at radius 1 is 0.963 bits per heavy atom. The van der Waals surface area contributed by atoms with Crippen molar-refractivity contribution in [3.8, 4) is 5.75 Å². The SMILES string of the molecule is C[C@H]1CC[C@H]2C(=O)N(c3cccc(C(=O)Oc4ccccc4)c3)C(=O)[C@@H]2C1. The van der Waals surface area contributed by atoms with Crippen LogP contribution in [0.3, 0.4) is 0 Å². The van der Waals surface area contributed by atoms with Crippen LogP contribution in [-0.4, -0.2) is 17.8 Å². The molecule has 2 amide bonds. The summed E-state index contributed by atoms with van der Waals surface area (Å²) in [4.78, 5) is 39.4. The lowest BCUT2D eigenvalue weighted by Gasteiger charge is -2.25. The molecule has 0 spiro atoms. The van der Waals surface area contributed by atoms with Crippen molar-refractivity contribution in [1.82, 2.24) is 0 Å². The van der Waals surface area contributed by atoms with Gasteiger partial charge in [0, 0.05) is 0 Å². The number of fused-ring (bicyclic) bond motifs is 1. The lowest BCUT2D eigenvalue weighted by atomic mass is 9.76.